The maximum atomic E-state index is 5.67. The first-order valence-electron chi connectivity index (χ1n) is 5.96. The summed E-state index contributed by atoms with van der Waals surface area (Å²) in [6.45, 7) is 9.29. The molecular formula is C12H25NO2. The van der Waals surface area contributed by atoms with Crippen LogP contribution in [0.15, 0.2) is 0 Å². The first kappa shape index (κ1) is 12.9. The molecule has 1 fully saturated rings. The Bertz CT molecular complexity index is 176. The van der Waals surface area contributed by atoms with Crippen LogP contribution >= 0.6 is 0 Å². The number of rotatable bonds is 5. The van der Waals surface area contributed by atoms with E-state index in [1.807, 2.05) is 7.11 Å². The highest BCUT2D eigenvalue weighted by molar-refractivity contribution is 4.86. The summed E-state index contributed by atoms with van der Waals surface area (Å²) in [5.74, 6) is 0.666. The van der Waals surface area contributed by atoms with Crippen molar-refractivity contribution in [3.05, 3.63) is 0 Å². The molecule has 0 aliphatic carbocycles. The molecule has 1 atom stereocenters. The molecule has 0 aromatic carbocycles. The normalized spacial score (nSPS) is 23.0. The lowest BCUT2D eigenvalue weighted by Crippen LogP contribution is -2.49. The van der Waals surface area contributed by atoms with Crippen molar-refractivity contribution in [2.75, 3.05) is 26.9 Å². The maximum absolute atomic E-state index is 5.67. The second kappa shape index (κ2) is 5.83. The average Bonchev–Trinajstić information content (AvgIpc) is 2.27. The van der Waals surface area contributed by atoms with Gasteiger partial charge >= 0.3 is 0 Å². The first-order valence-corrected chi connectivity index (χ1v) is 5.96. The Balaban J connectivity index is 2.38. The number of nitrogens with one attached hydrogen (secondary N) is 1. The molecule has 1 aliphatic heterocycles. The van der Waals surface area contributed by atoms with Crippen LogP contribution < -0.4 is 5.32 Å². The van der Waals surface area contributed by atoms with Crippen LogP contribution in [0.4, 0.5) is 0 Å². The van der Waals surface area contributed by atoms with E-state index in [2.05, 4.69) is 26.1 Å². The highest BCUT2D eigenvalue weighted by Gasteiger charge is 2.32. The smallest absolute Gasteiger partial charge is 0.0846 e. The van der Waals surface area contributed by atoms with Crippen molar-refractivity contribution in [3.8, 4) is 0 Å². The highest BCUT2D eigenvalue weighted by atomic mass is 16.5. The lowest BCUT2D eigenvalue weighted by Gasteiger charge is -2.37. The molecule has 15 heavy (non-hydrogen) atoms. The topological polar surface area (TPSA) is 30.5 Å². The first-order chi connectivity index (χ1) is 7.09. The van der Waals surface area contributed by atoms with Crippen LogP contribution in [-0.2, 0) is 9.47 Å². The van der Waals surface area contributed by atoms with Crippen molar-refractivity contribution >= 4 is 0 Å². The Morgan fingerprint density at radius 1 is 1.27 bits per heavy atom. The van der Waals surface area contributed by atoms with Gasteiger partial charge in [-0.15, -0.1) is 0 Å². The van der Waals surface area contributed by atoms with E-state index in [1.54, 1.807) is 0 Å². The molecule has 0 radical (unpaired) electrons. The summed E-state index contributed by atoms with van der Waals surface area (Å²) in [6.07, 6.45) is 2.00. The number of ether oxygens (including phenoxy) is 2. The predicted molar refractivity (Wildman–Crippen MR) is 62.1 cm³/mol. The van der Waals surface area contributed by atoms with Gasteiger partial charge in [0.2, 0.25) is 0 Å². The van der Waals surface area contributed by atoms with E-state index in [9.17, 15) is 0 Å². The molecular weight excluding hydrogens is 190 g/mol. The summed E-state index contributed by atoms with van der Waals surface area (Å²) in [5.41, 5.74) is 0.00139. The molecule has 1 rings (SSSR count). The lowest BCUT2D eigenvalue weighted by molar-refractivity contribution is -0.0889. The van der Waals surface area contributed by atoms with Gasteiger partial charge in [-0.25, -0.2) is 0 Å². The second-order valence-corrected chi connectivity index (χ2v) is 4.91. The Kier molecular flexibility index (Phi) is 5.03. The monoisotopic (exact) mass is 215 g/mol. The van der Waals surface area contributed by atoms with Gasteiger partial charge in [-0.1, -0.05) is 13.8 Å². The van der Waals surface area contributed by atoms with Crippen LogP contribution in [0.1, 0.15) is 33.6 Å². The third-order valence-electron chi connectivity index (χ3n) is 3.58. The third-order valence-corrected chi connectivity index (χ3v) is 3.58. The molecule has 1 heterocycles. The van der Waals surface area contributed by atoms with Crippen molar-refractivity contribution < 1.29 is 9.47 Å². The second-order valence-electron chi connectivity index (χ2n) is 4.91. The van der Waals surface area contributed by atoms with E-state index < -0.39 is 0 Å². The molecule has 3 nitrogen and oxygen atoms in total. The van der Waals surface area contributed by atoms with Gasteiger partial charge in [-0.2, -0.15) is 0 Å². The number of hydrogen-bond acceptors (Lipinski definition) is 3. The molecule has 1 N–H and O–H groups in total. The van der Waals surface area contributed by atoms with Gasteiger partial charge in [-0.3, -0.25) is 0 Å². The third kappa shape index (κ3) is 3.74. The fraction of sp³-hybridized carbons (Fsp3) is 1.00. The molecule has 1 saturated heterocycles. The minimum absolute atomic E-state index is 0.00139. The van der Waals surface area contributed by atoms with E-state index in [4.69, 9.17) is 9.47 Å². The molecule has 0 aromatic rings. The summed E-state index contributed by atoms with van der Waals surface area (Å²) < 4.78 is 11.0. The average molecular weight is 215 g/mol. The van der Waals surface area contributed by atoms with Gasteiger partial charge in [0.05, 0.1) is 5.60 Å². The molecule has 0 amide bonds. The van der Waals surface area contributed by atoms with E-state index >= 15 is 0 Å². The minimum Gasteiger partial charge on any atom is -0.381 e. The maximum Gasteiger partial charge on any atom is 0.0846 e. The van der Waals surface area contributed by atoms with Crippen LogP contribution in [-0.4, -0.2) is 38.5 Å². The lowest BCUT2D eigenvalue weighted by atomic mass is 9.93. The zero-order valence-corrected chi connectivity index (χ0v) is 10.5. The van der Waals surface area contributed by atoms with Crippen molar-refractivity contribution in [2.45, 2.75) is 45.3 Å². The molecule has 1 aliphatic rings. The molecule has 3 heteroatoms. The van der Waals surface area contributed by atoms with E-state index in [0.717, 1.165) is 32.6 Å². The zero-order valence-electron chi connectivity index (χ0n) is 10.5. The van der Waals surface area contributed by atoms with Gasteiger partial charge in [0.15, 0.2) is 0 Å². The van der Waals surface area contributed by atoms with Gasteiger partial charge in [0.25, 0.3) is 0 Å². The molecule has 0 bridgehead atoms. The Morgan fingerprint density at radius 2 is 1.87 bits per heavy atom. The summed E-state index contributed by atoms with van der Waals surface area (Å²) >= 11 is 0. The number of hydrogen-bond donors (Lipinski definition) is 1. The fourth-order valence-corrected chi connectivity index (χ4v) is 1.78. The Morgan fingerprint density at radius 3 is 2.33 bits per heavy atom. The number of methoxy groups -OCH3 is 1. The van der Waals surface area contributed by atoms with Crippen LogP contribution in [0, 0.1) is 5.92 Å². The molecule has 1 unspecified atom stereocenters. The zero-order chi connectivity index (χ0) is 11.3. The van der Waals surface area contributed by atoms with E-state index in [-0.39, 0.29) is 5.60 Å². The van der Waals surface area contributed by atoms with Crippen LogP contribution in [0.5, 0.6) is 0 Å². The fourth-order valence-electron chi connectivity index (χ4n) is 1.78. The molecule has 0 spiro atoms. The van der Waals surface area contributed by atoms with Gasteiger partial charge < -0.3 is 14.8 Å². The van der Waals surface area contributed by atoms with Crippen LogP contribution in [0.25, 0.3) is 0 Å². The summed E-state index contributed by atoms with van der Waals surface area (Å²) in [7, 11) is 1.81. The highest BCUT2D eigenvalue weighted by Crippen LogP contribution is 2.23. The molecule has 0 aromatic heterocycles. The molecule has 0 saturated carbocycles. The van der Waals surface area contributed by atoms with Crippen molar-refractivity contribution in [3.63, 3.8) is 0 Å². The van der Waals surface area contributed by atoms with Gasteiger partial charge in [0.1, 0.15) is 0 Å². The molecule has 90 valence electrons. The van der Waals surface area contributed by atoms with E-state index in [1.165, 1.54) is 0 Å². The predicted octanol–water partition coefficient (Wildman–Crippen LogP) is 1.82. The quantitative estimate of drug-likeness (QED) is 0.759. The summed E-state index contributed by atoms with van der Waals surface area (Å²) in [4.78, 5) is 0. The minimum atomic E-state index is 0.00139. The van der Waals surface area contributed by atoms with E-state index in [0.29, 0.717) is 12.0 Å². The van der Waals surface area contributed by atoms with Crippen molar-refractivity contribution in [1.82, 2.24) is 5.32 Å². The van der Waals surface area contributed by atoms with Crippen LogP contribution in [0.3, 0.4) is 0 Å². The SMILES string of the molecule is COC1(CNC(C)C(C)C)CCOCC1. The summed E-state index contributed by atoms with van der Waals surface area (Å²) in [6, 6.07) is 0.542. The van der Waals surface area contributed by atoms with Gasteiger partial charge in [0, 0.05) is 45.8 Å². The van der Waals surface area contributed by atoms with Crippen LogP contribution in [0.2, 0.25) is 0 Å². The standard InChI is InChI=1S/C12H25NO2/c1-10(2)11(3)13-9-12(14-4)5-7-15-8-6-12/h10-11,13H,5-9H2,1-4H3. The Labute approximate surface area is 93.5 Å². The van der Waals surface area contributed by atoms with Crippen molar-refractivity contribution in [2.24, 2.45) is 5.92 Å². The van der Waals surface area contributed by atoms with Gasteiger partial charge in [-0.05, 0) is 12.8 Å². The van der Waals surface area contributed by atoms with Crippen molar-refractivity contribution in [1.29, 1.82) is 0 Å². The largest absolute Gasteiger partial charge is 0.381 e. The Hall–Kier alpha value is -0.120. The summed E-state index contributed by atoms with van der Waals surface area (Å²) in [5, 5.41) is 3.56.